The quantitative estimate of drug-likeness (QED) is 0.737. The van der Waals surface area contributed by atoms with Crippen molar-refractivity contribution in [1.82, 2.24) is 15.5 Å². The number of urea groups is 1. The van der Waals surface area contributed by atoms with Crippen LogP contribution in [0.2, 0.25) is 0 Å². The molecule has 6 heteroatoms. The number of carbonyl (C=O) groups excluding carboxylic acids is 3. The molecule has 3 rings (SSSR count). The lowest BCUT2D eigenvalue weighted by Gasteiger charge is -2.20. The van der Waals surface area contributed by atoms with E-state index in [1.807, 2.05) is 6.92 Å². The minimum Gasteiger partial charge on any atom is -0.349 e. The van der Waals surface area contributed by atoms with Crippen LogP contribution in [0.15, 0.2) is 24.3 Å². The molecular formula is C20H27N3O3. The number of aryl methyl sites for hydroxylation is 1. The van der Waals surface area contributed by atoms with Crippen molar-refractivity contribution in [3.8, 4) is 0 Å². The van der Waals surface area contributed by atoms with Gasteiger partial charge in [-0.05, 0) is 51.5 Å². The maximum atomic E-state index is 12.4. The van der Waals surface area contributed by atoms with Crippen LogP contribution >= 0.6 is 0 Å². The van der Waals surface area contributed by atoms with Crippen molar-refractivity contribution in [3.05, 3.63) is 35.4 Å². The van der Waals surface area contributed by atoms with E-state index in [9.17, 15) is 14.4 Å². The van der Waals surface area contributed by atoms with E-state index in [0.29, 0.717) is 18.8 Å². The number of hydrogen-bond donors (Lipinski definition) is 2. The zero-order valence-corrected chi connectivity index (χ0v) is 15.7. The van der Waals surface area contributed by atoms with Crippen molar-refractivity contribution in [1.29, 1.82) is 0 Å². The van der Waals surface area contributed by atoms with Crippen molar-refractivity contribution in [2.24, 2.45) is 5.92 Å². The molecule has 1 unspecified atom stereocenters. The number of hydrogen-bond acceptors (Lipinski definition) is 3. The molecule has 0 spiro atoms. The molecule has 1 saturated carbocycles. The Bertz CT molecular complexity index is 708. The third kappa shape index (κ3) is 4.06. The number of amides is 4. The van der Waals surface area contributed by atoms with Gasteiger partial charge in [0, 0.05) is 13.0 Å². The summed E-state index contributed by atoms with van der Waals surface area (Å²) in [7, 11) is 0. The molecule has 1 atom stereocenters. The van der Waals surface area contributed by atoms with E-state index < -0.39 is 5.54 Å². The molecule has 4 amide bonds. The lowest BCUT2D eigenvalue weighted by atomic mass is 10.0. The predicted octanol–water partition coefficient (Wildman–Crippen LogP) is 2.67. The summed E-state index contributed by atoms with van der Waals surface area (Å²) in [5.41, 5.74) is 1.48. The van der Waals surface area contributed by atoms with Gasteiger partial charge in [-0.2, -0.15) is 0 Å². The second kappa shape index (κ2) is 7.09. The Hall–Kier alpha value is -2.37. The summed E-state index contributed by atoms with van der Waals surface area (Å²) in [4.78, 5) is 37.6. The standard InChI is InChI=1S/C20H27N3O3/c1-13-6-8-14(9-7-13)17(15-10-11-15)21-16(24)5-4-12-23-18(25)20(2,3)22-19(23)26/h6-9,15,17H,4-5,10-12H2,1-3H3,(H,21,24)(H,22,26). The van der Waals surface area contributed by atoms with Gasteiger partial charge in [0.25, 0.3) is 5.91 Å². The van der Waals surface area contributed by atoms with Gasteiger partial charge in [0.1, 0.15) is 5.54 Å². The smallest absolute Gasteiger partial charge is 0.325 e. The second-order valence-electron chi connectivity index (χ2n) is 7.91. The van der Waals surface area contributed by atoms with Gasteiger partial charge in [-0.1, -0.05) is 29.8 Å². The maximum absolute atomic E-state index is 12.4. The van der Waals surface area contributed by atoms with Crippen LogP contribution in [0.3, 0.4) is 0 Å². The van der Waals surface area contributed by atoms with E-state index in [0.717, 1.165) is 18.4 Å². The fourth-order valence-electron chi connectivity index (χ4n) is 3.34. The minimum atomic E-state index is -0.859. The van der Waals surface area contributed by atoms with Crippen molar-refractivity contribution in [2.45, 2.75) is 58.0 Å². The first-order chi connectivity index (χ1) is 12.3. The van der Waals surface area contributed by atoms with E-state index in [2.05, 4.69) is 34.9 Å². The highest BCUT2D eigenvalue weighted by Gasteiger charge is 2.43. The summed E-state index contributed by atoms with van der Waals surface area (Å²) < 4.78 is 0. The molecule has 1 saturated heterocycles. The van der Waals surface area contributed by atoms with Crippen LogP contribution in [0.1, 0.15) is 56.7 Å². The lowest BCUT2D eigenvalue weighted by Crippen LogP contribution is -2.40. The minimum absolute atomic E-state index is 0.0335. The highest BCUT2D eigenvalue weighted by atomic mass is 16.2. The molecule has 2 fully saturated rings. The number of nitrogens with zero attached hydrogens (tertiary/aromatic N) is 1. The third-order valence-corrected chi connectivity index (χ3v) is 5.08. The first-order valence-electron chi connectivity index (χ1n) is 9.28. The SMILES string of the molecule is Cc1ccc(C(NC(=O)CCCN2C(=O)NC(C)(C)C2=O)C2CC2)cc1. The number of benzene rings is 1. The molecular weight excluding hydrogens is 330 g/mol. The fraction of sp³-hybridized carbons (Fsp3) is 0.550. The van der Waals surface area contributed by atoms with E-state index >= 15 is 0 Å². The Morgan fingerprint density at radius 1 is 1.27 bits per heavy atom. The van der Waals surface area contributed by atoms with Crippen LogP contribution in [0.4, 0.5) is 4.79 Å². The van der Waals surface area contributed by atoms with Crippen LogP contribution in [0, 0.1) is 12.8 Å². The molecule has 26 heavy (non-hydrogen) atoms. The average molecular weight is 357 g/mol. The summed E-state index contributed by atoms with van der Waals surface area (Å²) in [6.45, 7) is 5.68. The van der Waals surface area contributed by atoms with Crippen molar-refractivity contribution >= 4 is 17.8 Å². The molecule has 1 heterocycles. The van der Waals surface area contributed by atoms with Gasteiger partial charge in [0.2, 0.25) is 5.91 Å². The van der Waals surface area contributed by atoms with E-state index in [1.54, 1.807) is 13.8 Å². The van der Waals surface area contributed by atoms with Crippen LogP contribution in [0.25, 0.3) is 0 Å². The van der Waals surface area contributed by atoms with Crippen LogP contribution < -0.4 is 10.6 Å². The fourth-order valence-corrected chi connectivity index (χ4v) is 3.34. The Morgan fingerprint density at radius 3 is 2.46 bits per heavy atom. The van der Waals surface area contributed by atoms with Crippen molar-refractivity contribution in [2.75, 3.05) is 6.54 Å². The molecule has 0 radical (unpaired) electrons. The summed E-state index contributed by atoms with van der Waals surface area (Å²) in [6.07, 6.45) is 3.03. The molecule has 1 aromatic rings. The van der Waals surface area contributed by atoms with Gasteiger partial charge >= 0.3 is 6.03 Å². The maximum Gasteiger partial charge on any atom is 0.325 e. The largest absolute Gasteiger partial charge is 0.349 e. The number of imide groups is 1. The Balaban J connectivity index is 1.51. The molecule has 1 aliphatic heterocycles. The van der Waals surface area contributed by atoms with Crippen LogP contribution in [0.5, 0.6) is 0 Å². The molecule has 2 N–H and O–H groups in total. The number of nitrogens with one attached hydrogen (secondary N) is 2. The normalized spacial score (nSPS) is 20.0. The predicted molar refractivity (Wildman–Crippen MR) is 98.3 cm³/mol. The first kappa shape index (κ1) is 18.4. The van der Waals surface area contributed by atoms with Crippen LogP contribution in [-0.4, -0.2) is 34.8 Å². The van der Waals surface area contributed by atoms with Gasteiger partial charge < -0.3 is 10.6 Å². The third-order valence-electron chi connectivity index (χ3n) is 5.08. The van der Waals surface area contributed by atoms with Crippen molar-refractivity contribution in [3.63, 3.8) is 0 Å². The van der Waals surface area contributed by atoms with Gasteiger partial charge in [0.15, 0.2) is 0 Å². The average Bonchev–Trinajstić information content (AvgIpc) is 3.38. The molecule has 0 aromatic heterocycles. The molecule has 1 aliphatic carbocycles. The van der Waals surface area contributed by atoms with E-state index in [4.69, 9.17) is 0 Å². The molecule has 0 bridgehead atoms. The Labute approximate surface area is 154 Å². The Morgan fingerprint density at radius 2 is 1.92 bits per heavy atom. The summed E-state index contributed by atoms with van der Waals surface area (Å²) in [5.74, 6) is 0.237. The van der Waals surface area contributed by atoms with Gasteiger partial charge in [0.05, 0.1) is 6.04 Å². The van der Waals surface area contributed by atoms with Gasteiger partial charge in [-0.25, -0.2) is 4.79 Å². The zero-order chi connectivity index (χ0) is 18.9. The topological polar surface area (TPSA) is 78.5 Å². The van der Waals surface area contributed by atoms with E-state index in [-0.39, 0.29) is 30.4 Å². The second-order valence-corrected chi connectivity index (χ2v) is 7.91. The van der Waals surface area contributed by atoms with Gasteiger partial charge in [-0.3, -0.25) is 14.5 Å². The summed E-state index contributed by atoms with van der Waals surface area (Å²) in [5, 5.41) is 5.79. The summed E-state index contributed by atoms with van der Waals surface area (Å²) in [6, 6.07) is 7.96. The first-order valence-corrected chi connectivity index (χ1v) is 9.28. The van der Waals surface area contributed by atoms with Crippen LogP contribution in [-0.2, 0) is 9.59 Å². The molecule has 6 nitrogen and oxygen atoms in total. The monoisotopic (exact) mass is 357 g/mol. The van der Waals surface area contributed by atoms with Gasteiger partial charge in [-0.15, -0.1) is 0 Å². The number of carbonyl (C=O) groups is 3. The Kier molecular flexibility index (Phi) is 5.03. The zero-order valence-electron chi connectivity index (χ0n) is 15.7. The number of rotatable bonds is 7. The summed E-state index contributed by atoms with van der Waals surface area (Å²) >= 11 is 0. The van der Waals surface area contributed by atoms with E-state index in [1.165, 1.54) is 10.5 Å². The van der Waals surface area contributed by atoms with Crippen molar-refractivity contribution < 1.29 is 14.4 Å². The molecule has 1 aromatic carbocycles. The molecule has 140 valence electrons. The molecule has 2 aliphatic rings. The highest BCUT2D eigenvalue weighted by Crippen LogP contribution is 2.41. The highest BCUT2D eigenvalue weighted by molar-refractivity contribution is 6.06. The lowest BCUT2D eigenvalue weighted by molar-refractivity contribution is -0.130.